The van der Waals surface area contributed by atoms with E-state index in [1.807, 2.05) is 0 Å². The van der Waals surface area contributed by atoms with Crippen LogP contribution in [0.25, 0.3) is 0 Å². The van der Waals surface area contributed by atoms with Gasteiger partial charge >= 0.3 is 6.03 Å². The van der Waals surface area contributed by atoms with Crippen LogP contribution in [0, 0.1) is 0 Å². The molecule has 2 amide bonds. The van der Waals surface area contributed by atoms with Crippen LogP contribution in [-0.4, -0.2) is 25.6 Å². The van der Waals surface area contributed by atoms with Crippen LogP contribution in [0.4, 0.5) is 4.79 Å². The molecule has 0 rings (SSSR count). The lowest BCUT2D eigenvalue weighted by Gasteiger charge is -1.70. The fraction of sp³-hybridized carbons (Fsp3) is 0.333. The molecule has 10 heavy (non-hydrogen) atoms. The highest BCUT2D eigenvalue weighted by molar-refractivity contribution is 7.73. The Labute approximate surface area is 60.3 Å². The topological polar surface area (TPSA) is 113 Å². The molecule has 0 aromatic carbocycles. The van der Waals surface area contributed by atoms with Gasteiger partial charge in [-0.1, -0.05) is 0 Å². The van der Waals surface area contributed by atoms with Crippen LogP contribution in [0.5, 0.6) is 0 Å². The summed E-state index contributed by atoms with van der Waals surface area (Å²) in [7, 11) is 0. The summed E-state index contributed by atoms with van der Waals surface area (Å²) in [6, 6.07) is -0.641. The lowest BCUT2D eigenvalue weighted by molar-refractivity contribution is 0.257. The van der Waals surface area contributed by atoms with Crippen LogP contribution in [0.2, 0.25) is 0 Å². The van der Waals surface area contributed by atoms with Gasteiger partial charge in [-0.3, -0.25) is 9.11 Å². The number of carbonyl (C=O) groups excluding carboxylic acids is 1. The minimum atomic E-state index is -2.61. The zero-order valence-electron chi connectivity index (χ0n) is 5.22. The van der Waals surface area contributed by atoms with E-state index in [2.05, 4.69) is 10.7 Å². The number of nitrogens with two attached hydrogens (primary N) is 1. The maximum absolute atomic E-state index is 9.62. The van der Waals surface area contributed by atoms with Crippen molar-refractivity contribution in [2.45, 2.75) is 6.92 Å². The summed E-state index contributed by atoms with van der Waals surface area (Å²) in [5.41, 5.74) is 4.57. The molecular weight excluding hydrogens is 160 g/mol. The smallest absolute Gasteiger partial charge is 0.337 e. The van der Waals surface area contributed by atoms with Crippen LogP contribution >= 0.6 is 0 Å². The Morgan fingerprint density at radius 1 is 1.70 bits per heavy atom. The molecule has 0 aromatic heterocycles. The van der Waals surface area contributed by atoms with Gasteiger partial charge in [-0.15, -0.1) is 0 Å². The van der Waals surface area contributed by atoms with Crippen molar-refractivity contribution in [3.05, 3.63) is 0 Å². The van der Waals surface area contributed by atoms with Crippen molar-refractivity contribution in [2.24, 2.45) is 10.7 Å². The van der Waals surface area contributed by atoms with E-state index in [-0.39, 0.29) is 0 Å². The van der Waals surface area contributed by atoms with Crippen LogP contribution in [0.1, 0.15) is 6.92 Å². The summed E-state index contributed by atoms with van der Waals surface area (Å²) in [5, 5.41) is 0. The molecule has 0 bridgehead atoms. The van der Waals surface area contributed by atoms with E-state index in [1.165, 1.54) is 6.21 Å². The van der Waals surface area contributed by atoms with E-state index in [4.69, 9.17) is 13.3 Å². The third-order valence-electron chi connectivity index (χ3n) is 0.256. The molecule has 0 aliphatic rings. The third-order valence-corrected chi connectivity index (χ3v) is 0.256. The lowest BCUT2D eigenvalue weighted by Crippen LogP contribution is -2.02. The van der Waals surface area contributed by atoms with Crippen molar-refractivity contribution < 1.29 is 18.1 Å². The Morgan fingerprint density at radius 3 is 2.00 bits per heavy atom. The van der Waals surface area contributed by atoms with Gasteiger partial charge in [0.2, 0.25) is 0 Å². The van der Waals surface area contributed by atoms with Crippen LogP contribution < -0.4 is 5.73 Å². The number of amides is 2. The van der Waals surface area contributed by atoms with Gasteiger partial charge in [0.1, 0.15) is 0 Å². The molecule has 0 spiro atoms. The van der Waals surface area contributed by atoms with E-state index < -0.39 is 17.4 Å². The van der Waals surface area contributed by atoms with Gasteiger partial charge in [0.05, 0.1) is 0 Å². The van der Waals surface area contributed by atoms with E-state index in [0.29, 0.717) is 0 Å². The molecule has 0 aliphatic carbocycles. The average Bonchev–Trinajstić information content (AvgIpc) is 1.62. The maximum atomic E-state index is 9.62. The Morgan fingerprint density at radius 2 is 2.00 bits per heavy atom. The summed E-state index contributed by atoms with van der Waals surface area (Å²) in [6.45, 7) is 1.63. The maximum Gasteiger partial charge on any atom is 0.337 e. The number of nitrogens with zero attached hydrogens (tertiary/aromatic N) is 1. The minimum absolute atomic E-state index is 0.641. The number of carbonyl (C=O) groups is 1. The van der Waals surface area contributed by atoms with Gasteiger partial charge in [0, 0.05) is 6.21 Å². The normalized spacial score (nSPS) is 9.20. The van der Waals surface area contributed by atoms with E-state index in [0.717, 1.165) is 0 Å². The second-order valence-corrected chi connectivity index (χ2v) is 1.42. The molecule has 0 aromatic rings. The summed E-state index contributed by atoms with van der Waals surface area (Å²) < 4.78 is 22.8. The van der Waals surface area contributed by atoms with Crippen LogP contribution in [0.15, 0.2) is 4.99 Å². The SMILES string of the molecule is CC=NC(N)=O.O=S(O)O. The van der Waals surface area contributed by atoms with Gasteiger partial charge in [-0.25, -0.2) is 9.79 Å². The standard InChI is InChI=1S/C3H6N2O.H2O3S/c1-2-5-3(4)6;1-4(2)3/h2H,1H3,(H2,4,6);(H2,1,2,3). The zero-order valence-corrected chi connectivity index (χ0v) is 6.04. The number of hydrogen-bond donors (Lipinski definition) is 3. The number of primary amides is 1. The van der Waals surface area contributed by atoms with Gasteiger partial charge < -0.3 is 5.73 Å². The molecule has 0 aliphatic heterocycles. The fourth-order valence-electron chi connectivity index (χ4n) is 0.127. The molecule has 0 unspecified atom stereocenters. The van der Waals surface area contributed by atoms with Gasteiger partial charge in [-0.2, -0.15) is 4.21 Å². The molecule has 0 saturated carbocycles. The monoisotopic (exact) mass is 168 g/mol. The second-order valence-electron chi connectivity index (χ2n) is 0.956. The predicted octanol–water partition coefficient (Wildman–Crippen LogP) is -0.163. The Kier molecular flexibility index (Phi) is 9.80. The molecule has 0 radical (unpaired) electrons. The summed E-state index contributed by atoms with van der Waals surface area (Å²) in [5.74, 6) is 0. The second kappa shape index (κ2) is 8.21. The first-order chi connectivity index (χ1) is 4.50. The molecular formula is C3H8N2O4S. The van der Waals surface area contributed by atoms with Crippen LogP contribution in [0.3, 0.4) is 0 Å². The van der Waals surface area contributed by atoms with E-state index in [1.54, 1.807) is 6.92 Å². The molecule has 0 fully saturated rings. The van der Waals surface area contributed by atoms with E-state index in [9.17, 15) is 4.79 Å². The van der Waals surface area contributed by atoms with Crippen molar-refractivity contribution in [3.8, 4) is 0 Å². The summed E-state index contributed by atoms with van der Waals surface area (Å²) in [4.78, 5) is 12.8. The third kappa shape index (κ3) is 56.9. The largest absolute Gasteiger partial charge is 0.350 e. The average molecular weight is 168 g/mol. The molecule has 0 saturated heterocycles. The molecule has 7 heteroatoms. The Hall–Kier alpha value is -0.790. The summed E-state index contributed by atoms with van der Waals surface area (Å²) >= 11 is -2.61. The molecule has 0 heterocycles. The molecule has 0 atom stereocenters. The van der Waals surface area contributed by atoms with Gasteiger partial charge in [0.15, 0.2) is 0 Å². The fourth-order valence-corrected chi connectivity index (χ4v) is 0.127. The van der Waals surface area contributed by atoms with Crippen molar-refractivity contribution in [2.75, 3.05) is 0 Å². The highest BCUT2D eigenvalue weighted by atomic mass is 32.2. The predicted molar refractivity (Wildman–Crippen MR) is 37.1 cm³/mol. The lowest BCUT2D eigenvalue weighted by atomic mass is 10.9. The first-order valence-corrected chi connectivity index (χ1v) is 3.15. The molecule has 6 nitrogen and oxygen atoms in total. The van der Waals surface area contributed by atoms with Crippen LogP contribution in [-0.2, 0) is 11.4 Å². The number of urea groups is 1. The van der Waals surface area contributed by atoms with Gasteiger partial charge in [0.25, 0.3) is 11.4 Å². The minimum Gasteiger partial charge on any atom is -0.350 e. The first kappa shape index (κ1) is 11.9. The highest BCUT2D eigenvalue weighted by Crippen LogP contribution is 1.59. The number of hydrogen-bond acceptors (Lipinski definition) is 2. The highest BCUT2D eigenvalue weighted by Gasteiger charge is 1.74. The van der Waals surface area contributed by atoms with Crippen molar-refractivity contribution >= 4 is 23.6 Å². The van der Waals surface area contributed by atoms with Crippen molar-refractivity contribution in [1.29, 1.82) is 0 Å². The first-order valence-electron chi connectivity index (χ1n) is 2.08. The molecule has 60 valence electrons. The Balaban J connectivity index is 0. The molecule has 4 N–H and O–H groups in total. The van der Waals surface area contributed by atoms with Gasteiger partial charge in [-0.05, 0) is 6.92 Å². The number of aliphatic imine (C=N–C) groups is 1. The zero-order chi connectivity index (χ0) is 8.57. The van der Waals surface area contributed by atoms with E-state index >= 15 is 0 Å². The quantitative estimate of drug-likeness (QED) is 0.344. The van der Waals surface area contributed by atoms with Crippen molar-refractivity contribution in [3.63, 3.8) is 0 Å². The van der Waals surface area contributed by atoms with Crippen molar-refractivity contribution in [1.82, 2.24) is 0 Å². The number of rotatable bonds is 0. The Bertz CT molecular complexity index is 141. The summed E-state index contributed by atoms with van der Waals surface area (Å²) in [6.07, 6.45) is 1.35.